The maximum absolute atomic E-state index is 13.8. The van der Waals surface area contributed by atoms with Gasteiger partial charge in [0.25, 0.3) is 0 Å². The van der Waals surface area contributed by atoms with Gasteiger partial charge in [0.05, 0.1) is 17.1 Å². The fraction of sp³-hybridized carbons (Fsp3) is 0.625. The molecule has 12 heteroatoms. The number of carbonyl (C=O) groups is 4. The molecule has 3 amide bonds. The number of fused-ring (bicyclic) bond motifs is 2. The molecule has 11 nitrogen and oxygen atoms in total. The number of alkyl carbamates (subject to hydrolysis) is 1. The van der Waals surface area contributed by atoms with E-state index in [2.05, 4.69) is 14.8 Å². The van der Waals surface area contributed by atoms with Gasteiger partial charge in [0.15, 0.2) is 5.78 Å². The topological polar surface area (TPSA) is 151 Å². The van der Waals surface area contributed by atoms with Gasteiger partial charge in [-0.1, -0.05) is 44.1 Å². The number of anilines is 1. The van der Waals surface area contributed by atoms with Gasteiger partial charge in [-0.05, 0) is 89.3 Å². The van der Waals surface area contributed by atoms with Crippen LogP contribution in [0.15, 0.2) is 36.4 Å². The number of Topliss-reactive ketones (excluding diaryl/α,β-unsaturated/α-hetero) is 1. The predicted octanol–water partition coefficient (Wildman–Crippen LogP) is 4.39. The van der Waals surface area contributed by atoms with Gasteiger partial charge in [-0.3, -0.25) is 19.1 Å². The van der Waals surface area contributed by atoms with Gasteiger partial charge in [0.2, 0.25) is 11.8 Å². The highest BCUT2D eigenvalue weighted by atomic mass is 32.2. The first-order chi connectivity index (χ1) is 20.7. The number of carbonyl (C=O) groups excluding carboxylic acids is 4. The number of nitrogens with zero attached hydrogens (tertiary/aromatic N) is 1. The number of amides is 3. The molecule has 2 heterocycles. The molecule has 1 aromatic rings. The molecule has 0 bridgehead atoms. The Hall–Kier alpha value is -3.41. The van der Waals surface area contributed by atoms with Crippen LogP contribution in [0.1, 0.15) is 91.0 Å². The van der Waals surface area contributed by atoms with Gasteiger partial charge in [-0.25, -0.2) is 9.52 Å². The standard InChI is InChI=1S/C32H46N4O7S/c1-5-22-15-17-24(18-16-22)34-44(41,42)35-29(39)32-20-23(32)12-9-7-6-8-10-13-25(33-30(40)43-31(2,3)4)28(38)36-19-11-14-26(36)27(37)21-32/h9,12,15-18,23,25-26,34H,5-8,10-11,13-14,19-21H2,1-4H3,(H,33,40)(H,35,39)/b12-9-/t23-,25+,26+,32-/m1/s1. The van der Waals surface area contributed by atoms with E-state index in [1.54, 1.807) is 45.0 Å². The molecule has 44 heavy (non-hydrogen) atoms. The van der Waals surface area contributed by atoms with E-state index in [9.17, 15) is 27.6 Å². The highest BCUT2D eigenvalue weighted by Gasteiger charge is 2.61. The molecule has 4 atom stereocenters. The van der Waals surface area contributed by atoms with Gasteiger partial charge in [-0.15, -0.1) is 0 Å². The molecule has 4 rings (SSSR count). The van der Waals surface area contributed by atoms with Crippen LogP contribution in [0.5, 0.6) is 0 Å². The third-order valence-corrected chi connectivity index (χ3v) is 9.50. The first-order valence-electron chi connectivity index (χ1n) is 15.7. The average molecular weight is 631 g/mol. The molecular formula is C32H46N4O7S. The van der Waals surface area contributed by atoms with Crippen LogP contribution in [0.4, 0.5) is 10.5 Å². The van der Waals surface area contributed by atoms with Crippen LogP contribution >= 0.6 is 0 Å². The van der Waals surface area contributed by atoms with Gasteiger partial charge in [-0.2, -0.15) is 8.42 Å². The summed E-state index contributed by atoms with van der Waals surface area (Å²) in [6.07, 6.45) is 8.74. The van der Waals surface area contributed by atoms with Crippen molar-refractivity contribution in [3.8, 4) is 0 Å². The van der Waals surface area contributed by atoms with E-state index in [0.29, 0.717) is 44.3 Å². The van der Waals surface area contributed by atoms with Crippen molar-refractivity contribution >= 4 is 39.6 Å². The summed E-state index contributed by atoms with van der Waals surface area (Å²) in [6.45, 7) is 7.59. The summed E-state index contributed by atoms with van der Waals surface area (Å²) in [5, 5.41) is 2.72. The summed E-state index contributed by atoms with van der Waals surface area (Å²) in [6, 6.07) is 5.29. The van der Waals surface area contributed by atoms with E-state index in [4.69, 9.17) is 4.74 Å². The number of nitrogens with one attached hydrogen (secondary N) is 3. The lowest BCUT2D eigenvalue weighted by Gasteiger charge is -2.30. The molecule has 1 saturated heterocycles. The second kappa shape index (κ2) is 13.7. The molecule has 3 aliphatic rings. The van der Waals surface area contributed by atoms with Crippen molar-refractivity contribution in [2.24, 2.45) is 11.3 Å². The Morgan fingerprint density at radius 1 is 1.05 bits per heavy atom. The molecule has 242 valence electrons. The van der Waals surface area contributed by atoms with Crippen molar-refractivity contribution in [3.63, 3.8) is 0 Å². The monoisotopic (exact) mass is 630 g/mol. The van der Waals surface area contributed by atoms with Gasteiger partial charge >= 0.3 is 16.3 Å². The molecule has 3 N–H and O–H groups in total. The van der Waals surface area contributed by atoms with Crippen LogP contribution in [0.3, 0.4) is 0 Å². The van der Waals surface area contributed by atoms with E-state index >= 15 is 0 Å². The normalized spacial score (nSPS) is 27.2. The third kappa shape index (κ3) is 8.61. The Morgan fingerprint density at radius 2 is 1.77 bits per heavy atom. The second-order valence-electron chi connectivity index (χ2n) is 13.2. The molecule has 0 spiro atoms. The lowest BCUT2D eigenvalue weighted by molar-refractivity contribution is -0.140. The maximum Gasteiger partial charge on any atom is 0.408 e. The minimum atomic E-state index is -4.26. The summed E-state index contributed by atoms with van der Waals surface area (Å²) >= 11 is 0. The van der Waals surface area contributed by atoms with Crippen molar-refractivity contribution in [1.82, 2.24) is 14.9 Å². The molecule has 0 aromatic heterocycles. The highest BCUT2D eigenvalue weighted by Crippen LogP contribution is 2.57. The summed E-state index contributed by atoms with van der Waals surface area (Å²) in [5.41, 5.74) is -0.590. The Morgan fingerprint density at radius 3 is 2.45 bits per heavy atom. The summed E-state index contributed by atoms with van der Waals surface area (Å²) in [5.74, 6) is -1.65. The lowest BCUT2D eigenvalue weighted by Crippen LogP contribution is -2.53. The predicted molar refractivity (Wildman–Crippen MR) is 167 cm³/mol. The van der Waals surface area contributed by atoms with E-state index in [1.807, 2.05) is 19.1 Å². The number of ketones is 1. The molecule has 2 fully saturated rings. The SMILES string of the molecule is CCc1ccc(NS(=O)(=O)NC(=O)[C@]23CC(=O)[C@@H]4CCCN4C(=O)[C@@H](NC(=O)OC(C)(C)C)CCCCC/C=C\[C@@H]2C3)cc1. The maximum atomic E-state index is 13.8. The van der Waals surface area contributed by atoms with Crippen LogP contribution in [0.2, 0.25) is 0 Å². The van der Waals surface area contributed by atoms with Crippen molar-refractivity contribution in [1.29, 1.82) is 0 Å². The molecule has 0 radical (unpaired) electrons. The first kappa shape index (κ1) is 33.5. The number of hydrogen-bond acceptors (Lipinski definition) is 7. The summed E-state index contributed by atoms with van der Waals surface area (Å²) in [7, 11) is -4.26. The summed E-state index contributed by atoms with van der Waals surface area (Å²) in [4.78, 5) is 55.2. The molecule has 0 unspecified atom stereocenters. The second-order valence-corrected chi connectivity index (χ2v) is 14.6. The Balaban J connectivity index is 1.52. The third-order valence-electron chi connectivity index (χ3n) is 8.55. The van der Waals surface area contributed by atoms with Gasteiger partial charge in [0.1, 0.15) is 11.6 Å². The zero-order chi connectivity index (χ0) is 32.1. The Kier molecular flexibility index (Phi) is 10.4. The van der Waals surface area contributed by atoms with Crippen LogP contribution in [-0.2, 0) is 35.8 Å². The van der Waals surface area contributed by atoms with E-state index in [-0.39, 0.29) is 24.0 Å². The highest BCUT2D eigenvalue weighted by molar-refractivity contribution is 7.91. The molecule has 1 saturated carbocycles. The zero-order valence-corrected chi connectivity index (χ0v) is 27.0. The quantitative estimate of drug-likeness (QED) is 0.395. The number of rotatable bonds is 6. The number of benzene rings is 1. The van der Waals surface area contributed by atoms with Gasteiger partial charge in [0, 0.05) is 13.0 Å². The van der Waals surface area contributed by atoms with Crippen LogP contribution < -0.4 is 14.8 Å². The average Bonchev–Trinajstić information content (AvgIpc) is 3.40. The largest absolute Gasteiger partial charge is 0.444 e. The minimum absolute atomic E-state index is 0.187. The van der Waals surface area contributed by atoms with E-state index < -0.39 is 45.3 Å². The molecule has 2 aliphatic heterocycles. The zero-order valence-electron chi connectivity index (χ0n) is 26.2. The van der Waals surface area contributed by atoms with Crippen molar-refractivity contribution in [2.45, 2.75) is 110 Å². The van der Waals surface area contributed by atoms with E-state index in [0.717, 1.165) is 31.2 Å². The minimum Gasteiger partial charge on any atom is -0.444 e. The smallest absolute Gasteiger partial charge is 0.408 e. The summed E-state index contributed by atoms with van der Waals surface area (Å²) < 4.78 is 35.8. The van der Waals surface area contributed by atoms with Crippen LogP contribution in [-0.4, -0.2) is 61.2 Å². The first-order valence-corrected chi connectivity index (χ1v) is 17.1. The van der Waals surface area contributed by atoms with Crippen molar-refractivity contribution < 1.29 is 32.3 Å². The lowest BCUT2D eigenvalue weighted by atomic mass is 9.91. The number of hydrogen-bond donors (Lipinski definition) is 3. The fourth-order valence-electron chi connectivity index (χ4n) is 6.09. The van der Waals surface area contributed by atoms with Crippen molar-refractivity contribution in [3.05, 3.63) is 42.0 Å². The van der Waals surface area contributed by atoms with Crippen molar-refractivity contribution in [2.75, 3.05) is 11.3 Å². The van der Waals surface area contributed by atoms with E-state index in [1.165, 1.54) is 4.90 Å². The van der Waals surface area contributed by atoms with Crippen LogP contribution in [0.25, 0.3) is 0 Å². The fourth-order valence-corrected chi connectivity index (χ4v) is 7.04. The molecule has 1 aromatic carbocycles. The Labute approximate surface area is 260 Å². The number of ether oxygens (including phenoxy) is 1. The molecule has 1 aliphatic carbocycles. The van der Waals surface area contributed by atoms with Crippen LogP contribution in [0, 0.1) is 11.3 Å². The molecular weight excluding hydrogens is 584 g/mol. The van der Waals surface area contributed by atoms with Gasteiger partial charge < -0.3 is 15.0 Å². The number of allylic oxidation sites excluding steroid dienone is 2. The number of aryl methyl sites for hydroxylation is 1. The Bertz CT molecular complexity index is 1370.